The molecule has 0 aliphatic heterocycles. The van der Waals surface area contributed by atoms with E-state index in [-0.39, 0.29) is 5.41 Å². The van der Waals surface area contributed by atoms with Crippen molar-refractivity contribution < 1.29 is 4.90 Å². The molecule has 0 amide bonds. The van der Waals surface area contributed by atoms with Gasteiger partial charge in [-0.1, -0.05) is 20.8 Å². The smallest absolute Gasteiger partial charge is 0.180 e. The lowest BCUT2D eigenvalue weighted by atomic mass is 9.96. The maximum absolute atomic E-state index is 4.36. The second-order valence-electron chi connectivity index (χ2n) is 5.27. The third-order valence-electron chi connectivity index (χ3n) is 2.16. The first-order chi connectivity index (χ1) is 6.89. The van der Waals surface area contributed by atoms with E-state index >= 15 is 0 Å². The van der Waals surface area contributed by atoms with Crippen LogP contribution in [0.3, 0.4) is 0 Å². The summed E-state index contributed by atoms with van der Waals surface area (Å²) in [6, 6.07) is 0. The van der Waals surface area contributed by atoms with Crippen LogP contribution in [0.4, 0.5) is 0 Å². The predicted octanol–water partition coefficient (Wildman–Crippen LogP) is -0.495. The number of tetrazole rings is 1. The van der Waals surface area contributed by atoms with E-state index in [1.165, 1.54) is 4.90 Å². The topological polar surface area (TPSA) is 48.0 Å². The zero-order valence-corrected chi connectivity index (χ0v) is 10.4. The summed E-state index contributed by atoms with van der Waals surface area (Å²) < 4.78 is 0. The van der Waals surface area contributed by atoms with Gasteiger partial charge in [0.1, 0.15) is 0 Å². The third-order valence-corrected chi connectivity index (χ3v) is 2.16. The van der Waals surface area contributed by atoms with E-state index in [2.05, 4.69) is 50.3 Å². The molecule has 0 bridgehead atoms. The van der Waals surface area contributed by atoms with Gasteiger partial charge in [0.2, 0.25) is 0 Å². The van der Waals surface area contributed by atoms with E-state index in [1.807, 2.05) is 0 Å². The van der Waals surface area contributed by atoms with Gasteiger partial charge in [-0.15, -0.1) is 10.2 Å². The van der Waals surface area contributed by atoms with Crippen LogP contribution in [0.15, 0.2) is 0 Å². The van der Waals surface area contributed by atoms with Crippen molar-refractivity contribution in [3.05, 3.63) is 5.82 Å². The highest BCUT2D eigenvalue weighted by atomic mass is 15.6. The minimum absolute atomic E-state index is 0.00888. The molecule has 0 radical (unpaired) electrons. The summed E-state index contributed by atoms with van der Waals surface area (Å²) in [6.45, 7) is 8.27. The molecule has 1 aromatic heterocycles. The quantitative estimate of drug-likeness (QED) is 0.732. The number of aromatic nitrogens is 4. The summed E-state index contributed by atoms with van der Waals surface area (Å²) in [5.74, 6) is 0.819. The Morgan fingerprint density at radius 2 is 1.93 bits per heavy atom. The first-order valence-corrected chi connectivity index (χ1v) is 5.47. The van der Waals surface area contributed by atoms with E-state index in [9.17, 15) is 0 Å². The van der Waals surface area contributed by atoms with Crippen molar-refractivity contribution in [2.45, 2.75) is 39.2 Å². The molecule has 86 valence electrons. The van der Waals surface area contributed by atoms with Crippen LogP contribution in [-0.4, -0.2) is 40.8 Å². The van der Waals surface area contributed by atoms with Crippen molar-refractivity contribution in [3.63, 3.8) is 0 Å². The molecular weight excluding hydrogens is 190 g/mol. The lowest BCUT2D eigenvalue weighted by molar-refractivity contribution is -0.858. The summed E-state index contributed by atoms with van der Waals surface area (Å²) in [7, 11) is 4.30. The fourth-order valence-corrected chi connectivity index (χ4v) is 1.21. The Hall–Kier alpha value is -0.970. The lowest BCUT2D eigenvalue weighted by Crippen LogP contribution is -3.05. The number of quaternary nitrogens is 1. The SMILES string of the molecule is C[NH+](C)CCCn1nnc(C(C)(C)C)n1. The van der Waals surface area contributed by atoms with Crippen LogP contribution < -0.4 is 4.90 Å². The normalized spacial score (nSPS) is 12.4. The molecule has 0 spiro atoms. The summed E-state index contributed by atoms with van der Waals surface area (Å²) in [4.78, 5) is 3.15. The maximum atomic E-state index is 4.36. The van der Waals surface area contributed by atoms with Gasteiger partial charge < -0.3 is 4.90 Å². The third kappa shape index (κ3) is 3.95. The molecule has 1 heterocycles. The van der Waals surface area contributed by atoms with Gasteiger partial charge >= 0.3 is 0 Å². The number of hydrogen-bond acceptors (Lipinski definition) is 3. The van der Waals surface area contributed by atoms with Gasteiger partial charge in [-0.2, -0.15) is 4.80 Å². The molecule has 0 aliphatic rings. The average Bonchev–Trinajstić information content (AvgIpc) is 2.51. The van der Waals surface area contributed by atoms with E-state index in [0.717, 1.165) is 25.3 Å². The molecule has 5 heteroatoms. The minimum atomic E-state index is -0.00888. The van der Waals surface area contributed by atoms with Gasteiger partial charge in [0.25, 0.3) is 0 Å². The standard InChI is InChI=1S/C10H21N5/c1-10(2,3)9-11-13-15(12-9)8-6-7-14(4)5/h6-8H2,1-5H3/p+1. The number of hydrogen-bond donors (Lipinski definition) is 1. The highest BCUT2D eigenvalue weighted by Gasteiger charge is 2.19. The molecule has 0 fully saturated rings. The zero-order valence-electron chi connectivity index (χ0n) is 10.4. The van der Waals surface area contributed by atoms with Gasteiger partial charge in [-0.3, -0.25) is 0 Å². The summed E-state index contributed by atoms with van der Waals surface area (Å²) in [5, 5.41) is 12.5. The van der Waals surface area contributed by atoms with Crippen molar-refractivity contribution in [1.29, 1.82) is 0 Å². The summed E-state index contributed by atoms with van der Waals surface area (Å²) in [6.07, 6.45) is 1.09. The lowest BCUT2D eigenvalue weighted by Gasteiger charge is -2.11. The van der Waals surface area contributed by atoms with Crippen molar-refractivity contribution in [3.8, 4) is 0 Å². The number of nitrogens with one attached hydrogen (secondary N) is 1. The molecule has 0 aliphatic carbocycles. The predicted molar refractivity (Wildman–Crippen MR) is 58.8 cm³/mol. The Morgan fingerprint density at radius 1 is 1.27 bits per heavy atom. The van der Waals surface area contributed by atoms with Gasteiger partial charge in [-0.25, -0.2) is 0 Å². The Bertz CT molecular complexity index is 297. The van der Waals surface area contributed by atoms with Crippen LogP contribution in [0, 0.1) is 0 Å². The van der Waals surface area contributed by atoms with Crippen molar-refractivity contribution in [2.24, 2.45) is 0 Å². The van der Waals surface area contributed by atoms with Crippen LogP contribution in [0.5, 0.6) is 0 Å². The van der Waals surface area contributed by atoms with Gasteiger partial charge in [0.05, 0.1) is 27.2 Å². The second kappa shape index (κ2) is 4.70. The minimum Gasteiger partial charge on any atom is -0.340 e. The molecule has 1 rings (SSSR count). The van der Waals surface area contributed by atoms with Crippen LogP contribution in [0.1, 0.15) is 33.0 Å². The first kappa shape index (κ1) is 12.1. The first-order valence-electron chi connectivity index (χ1n) is 5.47. The molecule has 0 saturated heterocycles. The molecular formula is C10H22N5+. The highest BCUT2D eigenvalue weighted by molar-refractivity contribution is 4.95. The molecule has 0 atom stereocenters. The Kier molecular flexibility index (Phi) is 3.79. The van der Waals surface area contributed by atoms with E-state index in [4.69, 9.17) is 0 Å². The molecule has 0 aromatic carbocycles. The van der Waals surface area contributed by atoms with E-state index in [1.54, 1.807) is 4.80 Å². The molecule has 0 unspecified atom stereocenters. The average molecular weight is 212 g/mol. The molecule has 1 aromatic rings. The van der Waals surface area contributed by atoms with Crippen LogP contribution in [0.25, 0.3) is 0 Å². The Balaban J connectivity index is 2.47. The highest BCUT2D eigenvalue weighted by Crippen LogP contribution is 2.15. The van der Waals surface area contributed by atoms with E-state index in [0.29, 0.717) is 0 Å². The van der Waals surface area contributed by atoms with Crippen LogP contribution >= 0.6 is 0 Å². The molecule has 5 nitrogen and oxygen atoms in total. The van der Waals surface area contributed by atoms with Crippen LogP contribution in [0.2, 0.25) is 0 Å². The fourth-order valence-electron chi connectivity index (χ4n) is 1.21. The molecule has 0 saturated carbocycles. The van der Waals surface area contributed by atoms with Crippen molar-refractivity contribution >= 4 is 0 Å². The summed E-state index contributed by atoms with van der Waals surface area (Å²) >= 11 is 0. The molecule has 1 N–H and O–H groups in total. The van der Waals surface area contributed by atoms with Crippen molar-refractivity contribution in [2.75, 3.05) is 20.6 Å². The largest absolute Gasteiger partial charge is 0.340 e. The number of nitrogens with zero attached hydrogens (tertiary/aromatic N) is 4. The maximum Gasteiger partial charge on any atom is 0.180 e. The monoisotopic (exact) mass is 212 g/mol. The number of aryl methyl sites for hydroxylation is 1. The Labute approximate surface area is 91.5 Å². The van der Waals surface area contributed by atoms with Crippen molar-refractivity contribution in [1.82, 2.24) is 20.2 Å². The van der Waals surface area contributed by atoms with Gasteiger partial charge in [0.15, 0.2) is 5.82 Å². The summed E-state index contributed by atoms with van der Waals surface area (Å²) in [5.41, 5.74) is -0.00888. The number of rotatable bonds is 4. The van der Waals surface area contributed by atoms with Crippen LogP contribution in [-0.2, 0) is 12.0 Å². The van der Waals surface area contributed by atoms with Gasteiger partial charge in [0, 0.05) is 11.8 Å². The van der Waals surface area contributed by atoms with E-state index < -0.39 is 0 Å². The Morgan fingerprint density at radius 3 is 2.40 bits per heavy atom. The second-order valence-corrected chi connectivity index (χ2v) is 5.27. The zero-order chi connectivity index (χ0) is 11.5. The molecule has 15 heavy (non-hydrogen) atoms. The fraction of sp³-hybridized carbons (Fsp3) is 0.900. The van der Waals surface area contributed by atoms with Gasteiger partial charge in [-0.05, 0) is 5.21 Å².